The van der Waals surface area contributed by atoms with Gasteiger partial charge in [-0.05, 0) is 54.8 Å². The molecule has 8 heteroatoms. The molecule has 3 aromatic rings. The van der Waals surface area contributed by atoms with Crippen LogP contribution in [0.15, 0.2) is 60.7 Å². The van der Waals surface area contributed by atoms with Crippen LogP contribution in [0.25, 0.3) is 0 Å². The molecule has 0 aliphatic rings. The van der Waals surface area contributed by atoms with Gasteiger partial charge in [0.15, 0.2) is 0 Å². The first-order valence-corrected chi connectivity index (χ1v) is 12.5. The van der Waals surface area contributed by atoms with E-state index >= 15 is 0 Å². The topological polar surface area (TPSA) is 58.6 Å². The highest BCUT2D eigenvalue weighted by Gasteiger charge is 2.17. The molecule has 0 saturated carbocycles. The summed E-state index contributed by atoms with van der Waals surface area (Å²) in [6.07, 6.45) is 2.00. The lowest BCUT2D eigenvalue weighted by atomic mass is 10.1. The second-order valence-electron chi connectivity index (χ2n) is 7.91. The first kappa shape index (κ1) is 24.5. The molecule has 0 aliphatic carbocycles. The van der Waals surface area contributed by atoms with Crippen molar-refractivity contribution >= 4 is 21.4 Å². The molecule has 0 spiro atoms. The van der Waals surface area contributed by atoms with Crippen LogP contribution >= 0.6 is 0 Å². The smallest absolute Gasteiger partial charge is 0.229 e. The van der Waals surface area contributed by atoms with Crippen LogP contribution in [0.1, 0.15) is 30.0 Å². The third kappa shape index (κ3) is 6.92. The summed E-state index contributed by atoms with van der Waals surface area (Å²) in [5, 5.41) is 0. The van der Waals surface area contributed by atoms with Gasteiger partial charge in [0.05, 0.1) is 18.6 Å². The normalized spacial score (nSPS) is 11.3. The Balaban J connectivity index is 1.96. The summed E-state index contributed by atoms with van der Waals surface area (Å²) in [6, 6.07) is 16.4. The van der Waals surface area contributed by atoms with Crippen molar-refractivity contribution in [3.63, 3.8) is 0 Å². The molecule has 0 unspecified atom stereocenters. The van der Waals surface area contributed by atoms with E-state index in [1.54, 1.807) is 19.1 Å². The molecular formula is C25H28F2N2O3S. The van der Waals surface area contributed by atoms with E-state index in [2.05, 4.69) is 4.72 Å². The van der Waals surface area contributed by atoms with Gasteiger partial charge in [-0.1, -0.05) is 31.2 Å². The Morgan fingerprint density at radius 2 is 1.73 bits per heavy atom. The molecule has 0 fully saturated rings. The average molecular weight is 475 g/mol. The van der Waals surface area contributed by atoms with E-state index in [0.29, 0.717) is 30.0 Å². The molecule has 0 atom stereocenters. The highest BCUT2D eigenvalue weighted by Crippen LogP contribution is 2.30. The Kier molecular flexibility index (Phi) is 7.92. The SMILES string of the molecule is CCCOc1ccc(CN(Cc2ccc(F)cc2F)c2cccc(NS(C)(=O)=O)c2C)cc1. The first-order chi connectivity index (χ1) is 15.7. The fourth-order valence-corrected chi connectivity index (χ4v) is 4.11. The van der Waals surface area contributed by atoms with Crippen molar-refractivity contribution in [3.8, 4) is 5.75 Å². The van der Waals surface area contributed by atoms with Gasteiger partial charge in [0.1, 0.15) is 17.4 Å². The molecule has 176 valence electrons. The van der Waals surface area contributed by atoms with Crippen LogP contribution in [-0.2, 0) is 23.1 Å². The standard InChI is InChI=1S/C25H28F2N2O3S/c1-4-14-32-22-12-8-19(9-13-22)16-29(17-20-10-11-21(26)15-23(20)27)25-7-5-6-24(18(25)2)28-33(3,30)31/h5-13,15,28H,4,14,16-17H2,1-3H3. The fourth-order valence-electron chi connectivity index (χ4n) is 3.49. The summed E-state index contributed by atoms with van der Waals surface area (Å²) in [5.41, 5.74) is 3.18. The van der Waals surface area contributed by atoms with E-state index in [-0.39, 0.29) is 6.54 Å². The summed E-state index contributed by atoms with van der Waals surface area (Å²) < 4.78 is 59.6. The molecular weight excluding hydrogens is 446 g/mol. The number of ether oxygens (including phenoxy) is 1. The summed E-state index contributed by atoms with van der Waals surface area (Å²) in [5.74, 6) is -0.500. The molecule has 3 rings (SSSR count). The van der Waals surface area contributed by atoms with Gasteiger partial charge in [0, 0.05) is 30.4 Å². The van der Waals surface area contributed by atoms with Crippen LogP contribution in [0.5, 0.6) is 5.75 Å². The van der Waals surface area contributed by atoms with Crippen LogP contribution in [-0.4, -0.2) is 21.3 Å². The third-order valence-electron chi connectivity index (χ3n) is 5.09. The van der Waals surface area contributed by atoms with Gasteiger partial charge in [0.2, 0.25) is 10.0 Å². The molecule has 0 bridgehead atoms. The Morgan fingerprint density at radius 1 is 1.00 bits per heavy atom. The predicted octanol–water partition coefficient (Wildman–Crippen LogP) is 5.64. The number of nitrogens with zero attached hydrogens (tertiary/aromatic N) is 1. The van der Waals surface area contributed by atoms with Gasteiger partial charge in [-0.2, -0.15) is 0 Å². The van der Waals surface area contributed by atoms with E-state index < -0.39 is 21.7 Å². The van der Waals surface area contributed by atoms with Crippen molar-refractivity contribution in [1.82, 2.24) is 0 Å². The number of hydrogen-bond acceptors (Lipinski definition) is 4. The number of hydrogen-bond donors (Lipinski definition) is 1. The average Bonchev–Trinajstić information content (AvgIpc) is 2.75. The number of benzene rings is 3. The van der Waals surface area contributed by atoms with Crippen molar-refractivity contribution in [1.29, 1.82) is 0 Å². The number of rotatable bonds is 10. The zero-order valence-electron chi connectivity index (χ0n) is 18.9. The quantitative estimate of drug-likeness (QED) is 0.413. The lowest BCUT2D eigenvalue weighted by Gasteiger charge is -2.28. The minimum Gasteiger partial charge on any atom is -0.494 e. The molecule has 0 saturated heterocycles. The van der Waals surface area contributed by atoms with Gasteiger partial charge in [-0.15, -0.1) is 0 Å². The summed E-state index contributed by atoms with van der Waals surface area (Å²) in [7, 11) is -3.47. The van der Waals surface area contributed by atoms with E-state index in [9.17, 15) is 17.2 Å². The summed E-state index contributed by atoms with van der Waals surface area (Å²) in [4.78, 5) is 1.93. The molecule has 5 nitrogen and oxygen atoms in total. The number of halogens is 2. The van der Waals surface area contributed by atoms with Crippen molar-refractivity contribution < 1.29 is 21.9 Å². The maximum atomic E-state index is 14.5. The van der Waals surface area contributed by atoms with Crippen molar-refractivity contribution in [2.45, 2.75) is 33.4 Å². The van der Waals surface area contributed by atoms with Crippen molar-refractivity contribution in [2.24, 2.45) is 0 Å². The van der Waals surface area contributed by atoms with Crippen LogP contribution in [0.4, 0.5) is 20.2 Å². The van der Waals surface area contributed by atoms with Crippen molar-refractivity contribution in [2.75, 3.05) is 22.5 Å². The molecule has 0 amide bonds. The van der Waals surface area contributed by atoms with E-state index in [4.69, 9.17) is 4.74 Å². The molecule has 0 aliphatic heterocycles. The number of sulfonamides is 1. The Hall–Kier alpha value is -3.13. The predicted molar refractivity (Wildman–Crippen MR) is 128 cm³/mol. The highest BCUT2D eigenvalue weighted by molar-refractivity contribution is 7.92. The van der Waals surface area contributed by atoms with E-state index in [1.165, 1.54) is 12.1 Å². The Bertz CT molecular complexity index is 1200. The van der Waals surface area contributed by atoms with E-state index in [1.807, 2.05) is 42.2 Å². The zero-order valence-corrected chi connectivity index (χ0v) is 19.8. The third-order valence-corrected chi connectivity index (χ3v) is 5.68. The zero-order chi connectivity index (χ0) is 24.0. The molecule has 0 heterocycles. The fraction of sp³-hybridized carbons (Fsp3) is 0.280. The Labute approximate surface area is 194 Å². The number of nitrogens with one attached hydrogen (secondary N) is 1. The van der Waals surface area contributed by atoms with E-state index in [0.717, 1.165) is 35.7 Å². The summed E-state index contributed by atoms with van der Waals surface area (Å²) in [6.45, 7) is 5.07. The largest absolute Gasteiger partial charge is 0.494 e. The lowest BCUT2D eigenvalue weighted by Crippen LogP contribution is -2.24. The minimum atomic E-state index is -3.47. The van der Waals surface area contributed by atoms with Gasteiger partial charge in [-0.3, -0.25) is 4.72 Å². The molecule has 0 aromatic heterocycles. The summed E-state index contributed by atoms with van der Waals surface area (Å²) >= 11 is 0. The van der Waals surface area contributed by atoms with Crippen molar-refractivity contribution in [3.05, 3.63) is 89.0 Å². The molecule has 33 heavy (non-hydrogen) atoms. The van der Waals surface area contributed by atoms with Crippen LogP contribution in [0, 0.1) is 18.6 Å². The van der Waals surface area contributed by atoms with Gasteiger partial charge in [-0.25, -0.2) is 17.2 Å². The second kappa shape index (κ2) is 10.7. The first-order valence-electron chi connectivity index (χ1n) is 10.6. The van der Waals surface area contributed by atoms with Gasteiger partial charge < -0.3 is 9.64 Å². The molecule has 3 aromatic carbocycles. The minimum absolute atomic E-state index is 0.170. The monoisotopic (exact) mass is 474 g/mol. The van der Waals surface area contributed by atoms with Crippen LogP contribution in [0.2, 0.25) is 0 Å². The van der Waals surface area contributed by atoms with Gasteiger partial charge in [0.25, 0.3) is 0 Å². The van der Waals surface area contributed by atoms with Gasteiger partial charge >= 0.3 is 0 Å². The van der Waals surface area contributed by atoms with Crippen LogP contribution < -0.4 is 14.4 Å². The lowest BCUT2D eigenvalue weighted by molar-refractivity contribution is 0.317. The molecule has 0 radical (unpaired) electrons. The second-order valence-corrected chi connectivity index (χ2v) is 9.66. The Morgan fingerprint density at radius 3 is 2.36 bits per heavy atom. The maximum Gasteiger partial charge on any atom is 0.229 e. The number of anilines is 2. The van der Waals surface area contributed by atoms with Crippen LogP contribution in [0.3, 0.4) is 0 Å². The molecule has 1 N–H and O–H groups in total. The maximum absolute atomic E-state index is 14.5. The highest BCUT2D eigenvalue weighted by atomic mass is 32.2.